The minimum atomic E-state index is -0.739. The first-order chi connectivity index (χ1) is 7.24. The number of hydrogen-bond donors (Lipinski definition) is 3. The normalized spacial score (nSPS) is 13.7. The summed E-state index contributed by atoms with van der Waals surface area (Å²) in [6.07, 6.45) is 2.16. The van der Waals surface area contributed by atoms with Gasteiger partial charge >= 0.3 is 0 Å². The van der Waals surface area contributed by atoms with Crippen LogP contribution in [0.3, 0.4) is 0 Å². The number of nitrogens with one attached hydrogen (secondary N) is 2. The van der Waals surface area contributed by atoms with Gasteiger partial charge in [-0.25, -0.2) is 5.84 Å². The SMILES string of the molecule is CCCCN=C(NN)NCCS(=O)CC. The van der Waals surface area contributed by atoms with Crippen molar-refractivity contribution in [3.63, 3.8) is 0 Å². The first-order valence-electron chi connectivity index (χ1n) is 5.34. The summed E-state index contributed by atoms with van der Waals surface area (Å²) < 4.78 is 11.1. The Morgan fingerprint density at radius 2 is 2.20 bits per heavy atom. The van der Waals surface area contributed by atoms with Gasteiger partial charge in [-0.3, -0.25) is 14.6 Å². The van der Waals surface area contributed by atoms with Crippen LogP contribution in [0.5, 0.6) is 0 Å². The van der Waals surface area contributed by atoms with Crippen LogP contribution in [0.1, 0.15) is 26.7 Å². The highest BCUT2D eigenvalue weighted by Crippen LogP contribution is 1.86. The van der Waals surface area contributed by atoms with E-state index in [4.69, 9.17) is 5.84 Å². The highest BCUT2D eigenvalue weighted by molar-refractivity contribution is 7.84. The van der Waals surface area contributed by atoms with Crippen molar-refractivity contribution >= 4 is 16.8 Å². The number of hydrazine groups is 1. The summed E-state index contributed by atoms with van der Waals surface area (Å²) in [6.45, 7) is 5.42. The molecule has 0 bridgehead atoms. The van der Waals surface area contributed by atoms with Crippen LogP contribution in [0.15, 0.2) is 4.99 Å². The van der Waals surface area contributed by atoms with E-state index in [0.29, 0.717) is 24.0 Å². The van der Waals surface area contributed by atoms with Crippen LogP contribution in [-0.2, 0) is 10.8 Å². The minimum absolute atomic E-state index is 0.580. The van der Waals surface area contributed by atoms with E-state index in [2.05, 4.69) is 22.7 Å². The molecule has 0 saturated heterocycles. The van der Waals surface area contributed by atoms with Crippen LogP contribution in [0, 0.1) is 0 Å². The number of nitrogens with two attached hydrogens (primary N) is 1. The lowest BCUT2D eigenvalue weighted by atomic mass is 10.3. The maximum Gasteiger partial charge on any atom is 0.205 e. The van der Waals surface area contributed by atoms with Gasteiger partial charge in [0.15, 0.2) is 0 Å². The van der Waals surface area contributed by atoms with Crippen molar-refractivity contribution in [2.45, 2.75) is 26.7 Å². The molecule has 0 aromatic carbocycles. The van der Waals surface area contributed by atoms with E-state index < -0.39 is 10.8 Å². The largest absolute Gasteiger partial charge is 0.354 e. The molecule has 4 N–H and O–H groups in total. The average molecular weight is 234 g/mol. The summed E-state index contributed by atoms with van der Waals surface area (Å²) in [5.41, 5.74) is 2.49. The van der Waals surface area contributed by atoms with Gasteiger partial charge in [-0.05, 0) is 6.42 Å². The Bertz CT molecular complexity index is 208. The fraction of sp³-hybridized carbons (Fsp3) is 0.889. The zero-order chi connectivity index (χ0) is 11.5. The highest BCUT2D eigenvalue weighted by Gasteiger charge is 1.97. The molecule has 0 aliphatic rings. The third-order valence-corrected chi connectivity index (χ3v) is 3.17. The van der Waals surface area contributed by atoms with E-state index in [1.165, 1.54) is 0 Å². The highest BCUT2D eigenvalue weighted by atomic mass is 32.2. The first kappa shape index (κ1) is 14.4. The second-order valence-electron chi connectivity index (χ2n) is 3.09. The molecular formula is C9H22N4OS. The molecule has 0 aromatic heterocycles. The number of rotatable bonds is 7. The van der Waals surface area contributed by atoms with Crippen LogP contribution < -0.4 is 16.6 Å². The second kappa shape index (κ2) is 9.92. The number of unbranched alkanes of at least 4 members (excludes halogenated alkanes) is 1. The van der Waals surface area contributed by atoms with Crippen molar-refractivity contribution in [2.24, 2.45) is 10.8 Å². The van der Waals surface area contributed by atoms with E-state index in [0.717, 1.165) is 19.4 Å². The molecule has 0 radical (unpaired) electrons. The molecule has 90 valence electrons. The maximum absolute atomic E-state index is 11.1. The van der Waals surface area contributed by atoms with E-state index in [1.54, 1.807) is 0 Å². The molecule has 6 heteroatoms. The van der Waals surface area contributed by atoms with Gasteiger partial charge in [0.05, 0.1) is 0 Å². The Balaban J connectivity index is 3.69. The Morgan fingerprint density at radius 3 is 2.73 bits per heavy atom. The lowest BCUT2D eigenvalue weighted by molar-refractivity contribution is 0.682. The van der Waals surface area contributed by atoms with Gasteiger partial charge < -0.3 is 5.32 Å². The summed E-state index contributed by atoms with van der Waals surface area (Å²) in [7, 11) is -0.739. The van der Waals surface area contributed by atoms with Gasteiger partial charge in [-0.15, -0.1) is 0 Å². The number of guanidine groups is 1. The third-order valence-electron chi connectivity index (χ3n) is 1.86. The van der Waals surface area contributed by atoms with Gasteiger partial charge in [0, 0.05) is 35.4 Å². The summed E-state index contributed by atoms with van der Waals surface area (Å²) in [5.74, 6) is 7.19. The quantitative estimate of drug-likeness (QED) is 0.190. The minimum Gasteiger partial charge on any atom is -0.354 e. The predicted molar refractivity (Wildman–Crippen MR) is 66.1 cm³/mol. The molecular weight excluding hydrogens is 212 g/mol. The van der Waals surface area contributed by atoms with E-state index in [9.17, 15) is 4.21 Å². The molecule has 1 atom stereocenters. The smallest absolute Gasteiger partial charge is 0.205 e. The molecule has 5 nitrogen and oxygen atoms in total. The zero-order valence-corrected chi connectivity index (χ0v) is 10.4. The summed E-state index contributed by atoms with van der Waals surface area (Å²) >= 11 is 0. The van der Waals surface area contributed by atoms with Crippen LogP contribution in [0.2, 0.25) is 0 Å². The molecule has 0 saturated carbocycles. The summed E-state index contributed by atoms with van der Waals surface area (Å²) in [5, 5.41) is 3.01. The molecule has 1 unspecified atom stereocenters. The Labute approximate surface area is 94.3 Å². The molecule has 0 amide bonds. The molecule has 0 rings (SSSR count). The second-order valence-corrected chi connectivity index (χ2v) is 4.95. The summed E-state index contributed by atoms with van der Waals surface area (Å²) in [6, 6.07) is 0. The lowest BCUT2D eigenvalue weighted by Crippen LogP contribution is -2.43. The van der Waals surface area contributed by atoms with Gasteiger partial charge in [-0.1, -0.05) is 20.3 Å². The van der Waals surface area contributed by atoms with Crippen molar-refractivity contribution in [2.75, 3.05) is 24.6 Å². The third kappa shape index (κ3) is 8.38. The van der Waals surface area contributed by atoms with Crippen LogP contribution >= 0.6 is 0 Å². The van der Waals surface area contributed by atoms with Crippen molar-refractivity contribution in [1.29, 1.82) is 0 Å². The molecule has 0 aliphatic carbocycles. The predicted octanol–water partition coefficient (Wildman–Crippen LogP) is -0.0360. The topological polar surface area (TPSA) is 79.5 Å². The molecule has 0 spiro atoms. The van der Waals surface area contributed by atoms with Crippen LogP contribution in [0.4, 0.5) is 0 Å². The maximum atomic E-state index is 11.1. The van der Waals surface area contributed by atoms with Gasteiger partial charge in [0.1, 0.15) is 0 Å². The Kier molecular flexibility index (Phi) is 9.51. The number of nitrogens with zero attached hydrogens (tertiary/aromatic N) is 1. The Hall–Kier alpha value is -0.620. The number of hydrogen-bond acceptors (Lipinski definition) is 3. The fourth-order valence-corrected chi connectivity index (χ4v) is 1.55. The van der Waals surface area contributed by atoms with E-state index >= 15 is 0 Å². The zero-order valence-electron chi connectivity index (χ0n) is 9.58. The molecule has 0 fully saturated rings. The summed E-state index contributed by atoms with van der Waals surface area (Å²) in [4.78, 5) is 4.23. The monoisotopic (exact) mass is 234 g/mol. The van der Waals surface area contributed by atoms with Gasteiger partial charge in [0.2, 0.25) is 5.96 Å². The van der Waals surface area contributed by atoms with Crippen LogP contribution in [-0.4, -0.2) is 34.8 Å². The Morgan fingerprint density at radius 1 is 1.47 bits per heavy atom. The fourth-order valence-electron chi connectivity index (χ4n) is 0.929. The van der Waals surface area contributed by atoms with Crippen molar-refractivity contribution in [1.82, 2.24) is 10.7 Å². The van der Waals surface area contributed by atoms with Crippen LogP contribution in [0.25, 0.3) is 0 Å². The molecule has 15 heavy (non-hydrogen) atoms. The van der Waals surface area contributed by atoms with Crippen molar-refractivity contribution < 1.29 is 4.21 Å². The van der Waals surface area contributed by atoms with Crippen molar-refractivity contribution in [3.8, 4) is 0 Å². The molecule has 0 aromatic rings. The molecule has 0 aliphatic heterocycles. The standard InChI is InChI=1S/C9H22N4OS/c1-3-5-6-11-9(13-10)12-7-8-15(14)4-2/h3-8,10H2,1-2H3,(H2,11,12,13). The van der Waals surface area contributed by atoms with Crippen molar-refractivity contribution in [3.05, 3.63) is 0 Å². The number of aliphatic imine (C=N–C) groups is 1. The average Bonchev–Trinajstić information content (AvgIpc) is 2.26. The van der Waals surface area contributed by atoms with E-state index in [-0.39, 0.29) is 0 Å². The van der Waals surface area contributed by atoms with Gasteiger partial charge in [-0.2, -0.15) is 0 Å². The van der Waals surface area contributed by atoms with E-state index in [1.807, 2.05) is 6.92 Å². The first-order valence-corrected chi connectivity index (χ1v) is 6.83. The van der Waals surface area contributed by atoms with Gasteiger partial charge in [0.25, 0.3) is 0 Å². The lowest BCUT2D eigenvalue weighted by Gasteiger charge is -2.08. The molecule has 0 heterocycles.